The van der Waals surface area contributed by atoms with Crippen molar-refractivity contribution < 1.29 is 9.00 Å². The van der Waals surface area contributed by atoms with Gasteiger partial charge in [-0.2, -0.15) is 4.98 Å². The van der Waals surface area contributed by atoms with Gasteiger partial charge in [-0.25, -0.2) is 4.98 Å². The Hall–Kier alpha value is -1.21. The Balaban J connectivity index is 2.21. The predicted molar refractivity (Wildman–Crippen MR) is 71.4 cm³/mol. The van der Waals surface area contributed by atoms with Crippen molar-refractivity contribution in [2.45, 2.75) is 19.4 Å². The zero-order chi connectivity index (χ0) is 13.3. The summed E-state index contributed by atoms with van der Waals surface area (Å²) in [6.45, 7) is 1.75. The van der Waals surface area contributed by atoms with Crippen molar-refractivity contribution in [2.75, 3.05) is 22.6 Å². The lowest BCUT2D eigenvalue weighted by atomic mass is 10.1. The molecule has 1 aromatic heterocycles. The zero-order valence-corrected chi connectivity index (χ0v) is 11.6. The highest BCUT2D eigenvalue weighted by atomic mass is 35.5. The van der Waals surface area contributed by atoms with Crippen molar-refractivity contribution in [3.05, 3.63) is 11.0 Å². The third-order valence-corrected chi connectivity index (χ3v) is 3.61. The van der Waals surface area contributed by atoms with Crippen LogP contribution in [0.5, 0.6) is 0 Å². The van der Waals surface area contributed by atoms with E-state index in [0.717, 1.165) is 0 Å². The standard InChI is InChI=1S/C10H13ClN4O2S/c1-5-7-8(15-10(11)12-5)13-6(9(16)14-7)3-4-18(2)17/h6H,3-4H2,1-2H3,(H,14,16)(H,12,13,15). The summed E-state index contributed by atoms with van der Waals surface area (Å²) in [6.07, 6.45) is 2.09. The SMILES string of the molecule is Cc1nc(Cl)nc2c1NC(=O)C(CCS(C)=O)N2. The molecule has 6 nitrogen and oxygen atoms in total. The number of fused-ring (bicyclic) bond motifs is 1. The number of aryl methyl sites for hydroxylation is 1. The van der Waals surface area contributed by atoms with Crippen molar-refractivity contribution in [3.8, 4) is 0 Å². The average molecular weight is 289 g/mol. The maximum absolute atomic E-state index is 11.8. The Morgan fingerprint density at radius 2 is 2.17 bits per heavy atom. The molecule has 0 radical (unpaired) electrons. The Bertz CT molecular complexity index is 523. The van der Waals surface area contributed by atoms with E-state index in [-0.39, 0.29) is 11.2 Å². The minimum Gasteiger partial charge on any atom is -0.356 e. The van der Waals surface area contributed by atoms with E-state index in [1.54, 1.807) is 13.2 Å². The number of carbonyl (C=O) groups excluding carboxylic acids is 1. The molecule has 8 heteroatoms. The molecule has 1 aliphatic rings. The molecular weight excluding hydrogens is 276 g/mol. The molecule has 2 N–H and O–H groups in total. The van der Waals surface area contributed by atoms with Gasteiger partial charge in [-0.1, -0.05) is 0 Å². The summed E-state index contributed by atoms with van der Waals surface area (Å²) in [4.78, 5) is 19.9. The number of anilines is 2. The quantitative estimate of drug-likeness (QED) is 0.809. The minimum atomic E-state index is -0.928. The first-order valence-corrected chi connectivity index (χ1v) is 7.49. The number of aromatic nitrogens is 2. The molecule has 98 valence electrons. The topological polar surface area (TPSA) is 84.0 Å². The molecule has 1 aromatic rings. The van der Waals surface area contributed by atoms with Gasteiger partial charge in [-0.05, 0) is 24.9 Å². The maximum atomic E-state index is 11.8. The van der Waals surface area contributed by atoms with Crippen LogP contribution >= 0.6 is 11.6 Å². The molecule has 0 saturated carbocycles. The van der Waals surface area contributed by atoms with Gasteiger partial charge in [0.1, 0.15) is 11.7 Å². The lowest BCUT2D eigenvalue weighted by Gasteiger charge is -2.26. The fourth-order valence-electron chi connectivity index (χ4n) is 1.72. The third kappa shape index (κ3) is 2.78. The van der Waals surface area contributed by atoms with E-state index in [2.05, 4.69) is 20.6 Å². The highest BCUT2D eigenvalue weighted by Crippen LogP contribution is 2.28. The molecule has 18 heavy (non-hydrogen) atoms. The van der Waals surface area contributed by atoms with Crippen LogP contribution in [-0.2, 0) is 15.6 Å². The van der Waals surface area contributed by atoms with Crippen LogP contribution < -0.4 is 10.6 Å². The van der Waals surface area contributed by atoms with E-state index >= 15 is 0 Å². The molecule has 1 aliphatic heterocycles. The van der Waals surface area contributed by atoms with Crippen molar-refractivity contribution in [2.24, 2.45) is 0 Å². The normalized spacial score (nSPS) is 19.7. The largest absolute Gasteiger partial charge is 0.356 e. The second kappa shape index (κ2) is 5.19. The zero-order valence-electron chi connectivity index (χ0n) is 9.99. The predicted octanol–water partition coefficient (Wildman–Crippen LogP) is 0.940. The molecule has 0 bridgehead atoms. The van der Waals surface area contributed by atoms with Crippen molar-refractivity contribution in [1.29, 1.82) is 0 Å². The molecule has 0 aromatic carbocycles. The molecule has 2 unspecified atom stereocenters. The van der Waals surface area contributed by atoms with Gasteiger partial charge in [0.2, 0.25) is 11.2 Å². The van der Waals surface area contributed by atoms with Gasteiger partial charge in [-0.15, -0.1) is 0 Å². The lowest BCUT2D eigenvalue weighted by Crippen LogP contribution is -2.40. The Morgan fingerprint density at radius 1 is 1.44 bits per heavy atom. The maximum Gasteiger partial charge on any atom is 0.247 e. The van der Waals surface area contributed by atoms with Gasteiger partial charge in [0.15, 0.2) is 5.82 Å². The summed E-state index contributed by atoms with van der Waals surface area (Å²) in [5.74, 6) is 0.805. The molecule has 0 saturated heterocycles. The van der Waals surface area contributed by atoms with Crippen LogP contribution in [0.2, 0.25) is 5.28 Å². The van der Waals surface area contributed by atoms with Gasteiger partial charge < -0.3 is 10.6 Å². The highest BCUT2D eigenvalue weighted by Gasteiger charge is 2.28. The van der Waals surface area contributed by atoms with E-state index < -0.39 is 16.8 Å². The van der Waals surface area contributed by atoms with Crippen molar-refractivity contribution >= 4 is 39.8 Å². The van der Waals surface area contributed by atoms with Gasteiger partial charge in [0.25, 0.3) is 0 Å². The summed E-state index contributed by atoms with van der Waals surface area (Å²) < 4.78 is 11.1. The molecule has 2 heterocycles. The molecule has 2 rings (SSSR count). The van der Waals surface area contributed by atoms with E-state index in [1.807, 2.05) is 0 Å². The highest BCUT2D eigenvalue weighted by molar-refractivity contribution is 7.84. The summed E-state index contributed by atoms with van der Waals surface area (Å²) >= 11 is 5.77. The summed E-state index contributed by atoms with van der Waals surface area (Å²) in [5, 5.41) is 5.88. The van der Waals surface area contributed by atoms with Gasteiger partial charge in [0, 0.05) is 22.8 Å². The monoisotopic (exact) mass is 288 g/mol. The second-order valence-electron chi connectivity index (χ2n) is 4.05. The van der Waals surface area contributed by atoms with Crippen molar-refractivity contribution in [3.63, 3.8) is 0 Å². The van der Waals surface area contributed by atoms with E-state index in [0.29, 0.717) is 29.4 Å². The summed E-state index contributed by atoms with van der Waals surface area (Å²) in [5.41, 5.74) is 1.17. The van der Waals surface area contributed by atoms with Crippen molar-refractivity contribution in [1.82, 2.24) is 9.97 Å². The molecule has 0 aliphatic carbocycles. The molecule has 0 fully saturated rings. The van der Waals surface area contributed by atoms with Crippen LogP contribution in [0.4, 0.5) is 11.5 Å². The Labute approximate surface area is 112 Å². The van der Waals surface area contributed by atoms with Crippen LogP contribution in [0, 0.1) is 6.92 Å². The average Bonchev–Trinajstić information content (AvgIpc) is 2.27. The van der Waals surface area contributed by atoms with E-state index in [4.69, 9.17) is 11.6 Å². The summed E-state index contributed by atoms with van der Waals surface area (Å²) in [6, 6.07) is -0.438. The second-order valence-corrected chi connectivity index (χ2v) is 5.95. The lowest BCUT2D eigenvalue weighted by molar-refractivity contribution is -0.117. The first-order chi connectivity index (χ1) is 8.47. The Kier molecular flexibility index (Phi) is 3.82. The van der Waals surface area contributed by atoms with Gasteiger partial charge >= 0.3 is 0 Å². The molecular formula is C10H13ClN4O2S. The first-order valence-electron chi connectivity index (χ1n) is 5.39. The number of carbonyl (C=O) groups is 1. The smallest absolute Gasteiger partial charge is 0.247 e. The van der Waals surface area contributed by atoms with E-state index in [1.165, 1.54) is 0 Å². The number of hydrogen-bond acceptors (Lipinski definition) is 5. The number of halogens is 1. The number of nitrogens with one attached hydrogen (secondary N) is 2. The van der Waals surface area contributed by atoms with Crippen LogP contribution in [-0.4, -0.2) is 38.1 Å². The van der Waals surface area contributed by atoms with Crippen LogP contribution in [0.15, 0.2) is 0 Å². The number of rotatable bonds is 3. The number of amides is 1. The van der Waals surface area contributed by atoms with Crippen LogP contribution in [0.3, 0.4) is 0 Å². The molecule has 0 spiro atoms. The first kappa shape index (κ1) is 13.2. The van der Waals surface area contributed by atoms with Gasteiger partial charge in [0.05, 0.1) is 5.69 Å². The van der Waals surface area contributed by atoms with Crippen LogP contribution in [0.25, 0.3) is 0 Å². The number of nitrogens with zero attached hydrogens (tertiary/aromatic N) is 2. The van der Waals surface area contributed by atoms with Gasteiger partial charge in [-0.3, -0.25) is 9.00 Å². The molecule has 2 atom stereocenters. The molecule has 1 amide bonds. The summed E-state index contributed by atoms with van der Waals surface area (Å²) in [7, 11) is -0.928. The Morgan fingerprint density at radius 3 is 2.83 bits per heavy atom. The third-order valence-electron chi connectivity index (χ3n) is 2.63. The van der Waals surface area contributed by atoms with Crippen LogP contribution in [0.1, 0.15) is 12.1 Å². The number of hydrogen-bond donors (Lipinski definition) is 2. The van der Waals surface area contributed by atoms with E-state index in [9.17, 15) is 9.00 Å². The fraction of sp³-hybridized carbons (Fsp3) is 0.500. The minimum absolute atomic E-state index is 0.132. The fourth-order valence-corrected chi connectivity index (χ4v) is 2.50.